The number of hydrogen-bond acceptors (Lipinski definition) is 3. The number of benzene rings is 1. The van der Waals surface area contributed by atoms with Crippen molar-refractivity contribution in [2.24, 2.45) is 5.73 Å². The molecule has 0 unspecified atom stereocenters. The minimum absolute atomic E-state index is 0.308. The number of alkyl halides is 3. The highest BCUT2D eigenvalue weighted by molar-refractivity contribution is 5.43. The van der Waals surface area contributed by atoms with Crippen LogP contribution >= 0.6 is 0 Å². The normalized spacial score (nSPS) is 11.4. The van der Waals surface area contributed by atoms with E-state index >= 15 is 0 Å². The maximum absolute atomic E-state index is 12.0. The maximum atomic E-state index is 12.0. The summed E-state index contributed by atoms with van der Waals surface area (Å²) < 4.78 is 46.1. The summed E-state index contributed by atoms with van der Waals surface area (Å²) in [7, 11) is 1.44. The summed E-state index contributed by atoms with van der Waals surface area (Å²) in [5.41, 5.74) is 6.38. The summed E-state index contributed by atoms with van der Waals surface area (Å²) in [6.45, 7) is 0.0769. The summed E-state index contributed by atoms with van der Waals surface area (Å²) in [4.78, 5) is 0. The van der Waals surface area contributed by atoms with E-state index in [9.17, 15) is 13.2 Å². The van der Waals surface area contributed by atoms with E-state index in [0.29, 0.717) is 24.5 Å². The van der Waals surface area contributed by atoms with Gasteiger partial charge >= 0.3 is 6.18 Å². The molecule has 102 valence electrons. The quantitative estimate of drug-likeness (QED) is 0.857. The fourth-order valence-electron chi connectivity index (χ4n) is 1.43. The number of nitrogens with two attached hydrogens (primary N) is 1. The van der Waals surface area contributed by atoms with E-state index in [2.05, 4.69) is 0 Å². The SMILES string of the molecule is COc1cc(CCN)ccc1OCCC(F)(F)F. The first-order valence-corrected chi connectivity index (χ1v) is 5.53. The molecule has 0 radical (unpaired) electrons. The highest BCUT2D eigenvalue weighted by Gasteiger charge is 2.27. The third-order valence-corrected chi connectivity index (χ3v) is 2.30. The van der Waals surface area contributed by atoms with Crippen LogP contribution in [0.4, 0.5) is 13.2 Å². The van der Waals surface area contributed by atoms with Crippen molar-refractivity contribution < 1.29 is 22.6 Å². The van der Waals surface area contributed by atoms with Crippen molar-refractivity contribution in [2.75, 3.05) is 20.3 Å². The van der Waals surface area contributed by atoms with Crippen molar-refractivity contribution >= 4 is 0 Å². The van der Waals surface area contributed by atoms with E-state index in [-0.39, 0.29) is 0 Å². The largest absolute Gasteiger partial charge is 0.493 e. The van der Waals surface area contributed by atoms with Crippen LogP contribution in [0, 0.1) is 0 Å². The topological polar surface area (TPSA) is 44.5 Å². The molecule has 0 fully saturated rings. The van der Waals surface area contributed by atoms with Crippen molar-refractivity contribution in [3.05, 3.63) is 23.8 Å². The summed E-state index contributed by atoms with van der Waals surface area (Å²) >= 11 is 0. The van der Waals surface area contributed by atoms with Crippen LogP contribution in [0.5, 0.6) is 11.5 Å². The Labute approximate surface area is 104 Å². The Morgan fingerprint density at radius 2 is 1.94 bits per heavy atom. The van der Waals surface area contributed by atoms with Gasteiger partial charge in [0, 0.05) is 0 Å². The maximum Gasteiger partial charge on any atom is 0.392 e. The van der Waals surface area contributed by atoms with Crippen LogP contribution in [0.2, 0.25) is 0 Å². The molecule has 18 heavy (non-hydrogen) atoms. The van der Waals surface area contributed by atoms with E-state index in [1.54, 1.807) is 18.2 Å². The van der Waals surface area contributed by atoms with E-state index in [4.69, 9.17) is 15.2 Å². The highest BCUT2D eigenvalue weighted by Crippen LogP contribution is 2.29. The van der Waals surface area contributed by atoms with Crippen molar-refractivity contribution in [1.82, 2.24) is 0 Å². The van der Waals surface area contributed by atoms with E-state index in [1.807, 2.05) is 0 Å². The zero-order valence-corrected chi connectivity index (χ0v) is 10.1. The number of methoxy groups -OCH3 is 1. The lowest BCUT2D eigenvalue weighted by Crippen LogP contribution is -2.13. The predicted molar refractivity (Wildman–Crippen MR) is 61.9 cm³/mol. The van der Waals surface area contributed by atoms with E-state index in [0.717, 1.165) is 5.56 Å². The smallest absolute Gasteiger partial charge is 0.392 e. The third kappa shape index (κ3) is 4.83. The first-order chi connectivity index (χ1) is 8.46. The Hall–Kier alpha value is -1.43. The molecule has 2 N–H and O–H groups in total. The average Bonchev–Trinajstić information content (AvgIpc) is 2.29. The molecule has 1 aromatic carbocycles. The van der Waals surface area contributed by atoms with Crippen molar-refractivity contribution in [1.29, 1.82) is 0 Å². The van der Waals surface area contributed by atoms with Crippen LogP contribution in [-0.2, 0) is 6.42 Å². The molecule has 0 heterocycles. The van der Waals surface area contributed by atoms with Gasteiger partial charge in [0.05, 0.1) is 20.1 Å². The second-order valence-corrected chi connectivity index (χ2v) is 3.74. The first kappa shape index (κ1) is 14.6. The molecule has 0 saturated carbocycles. The lowest BCUT2D eigenvalue weighted by molar-refractivity contribution is -0.139. The Balaban J connectivity index is 2.65. The Kier molecular flexibility index (Phi) is 5.27. The van der Waals surface area contributed by atoms with Gasteiger partial charge in [-0.2, -0.15) is 13.2 Å². The second-order valence-electron chi connectivity index (χ2n) is 3.74. The van der Waals surface area contributed by atoms with Gasteiger partial charge in [-0.05, 0) is 30.7 Å². The molecule has 1 rings (SSSR count). The molecule has 3 nitrogen and oxygen atoms in total. The molecule has 0 amide bonds. The zero-order valence-electron chi connectivity index (χ0n) is 10.1. The van der Waals surface area contributed by atoms with Gasteiger partial charge in [-0.3, -0.25) is 0 Å². The summed E-state index contributed by atoms with van der Waals surface area (Å²) in [6, 6.07) is 5.08. The lowest BCUT2D eigenvalue weighted by atomic mass is 10.1. The molecule has 6 heteroatoms. The number of rotatable bonds is 6. The first-order valence-electron chi connectivity index (χ1n) is 5.53. The fourth-order valence-corrected chi connectivity index (χ4v) is 1.43. The average molecular weight is 263 g/mol. The highest BCUT2D eigenvalue weighted by atomic mass is 19.4. The molecule has 0 aliphatic heterocycles. The van der Waals surface area contributed by atoms with E-state index in [1.165, 1.54) is 7.11 Å². The van der Waals surface area contributed by atoms with Gasteiger partial charge in [-0.25, -0.2) is 0 Å². The molecular formula is C12H16F3NO2. The van der Waals surface area contributed by atoms with Crippen LogP contribution in [0.25, 0.3) is 0 Å². The van der Waals surface area contributed by atoms with Crippen molar-refractivity contribution in [2.45, 2.75) is 19.0 Å². The van der Waals surface area contributed by atoms with Gasteiger partial charge in [0.15, 0.2) is 11.5 Å². The molecule has 0 atom stereocenters. The molecule has 0 spiro atoms. The molecule has 0 aliphatic carbocycles. The van der Waals surface area contributed by atoms with Gasteiger partial charge in [-0.1, -0.05) is 6.07 Å². The predicted octanol–water partition coefficient (Wildman–Crippen LogP) is 2.53. The second kappa shape index (κ2) is 6.49. The Morgan fingerprint density at radius 3 is 2.50 bits per heavy atom. The number of hydrogen-bond donors (Lipinski definition) is 1. The summed E-state index contributed by atoms with van der Waals surface area (Å²) in [5, 5.41) is 0. The zero-order chi connectivity index (χ0) is 13.6. The molecule has 0 bridgehead atoms. The van der Waals surface area contributed by atoms with Gasteiger partial charge < -0.3 is 15.2 Å². The lowest BCUT2D eigenvalue weighted by Gasteiger charge is -2.13. The molecule has 0 aliphatic rings. The van der Waals surface area contributed by atoms with Crippen molar-refractivity contribution in [3.8, 4) is 11.5 Å². The monoisotopic (exact) mass is 263 g/mol. The van der Waals surface area contributed by atoms with Gasteiger partial charge in [0.2, 0.25) is 0 Å². The standard InChI is InChI=1S/C12H16F3NO2/c1-17-11-8-9(4-6-16)2-3-10(11)18-7-5-12(13,14)15/h2-3,8H,4-7,16H2,1H3. The molecule has 1 aromatic rings. The molecular weight excluding hydrogens is 247 g/mol. The number of halogens is 3. The van der Waals surface area contributed by atoms with E-state index < -0.39 is 19.2 Å². The Bertz CT molecular complexity index is 380. The van der Waals surface area contributed by atoms with Crippen LogP contribution < -0.4 is 15.2 Å². The summed E-state index contributed by atoms with van der Waals surface area (Å²) in [6.07, 6.45) is -4.52. The van der Waals surface area contributed by atoms with Crippen molar-refractivity contribution in [3.63, 3.8) is 0 Å². The van der Waals surface area contributed by atoms with Crippen LogP contribution in [0.1, 0.15) is 12.0 Å². The van der Waals surface area contributed by atoms with Gasteiger partial charge in [0.25, 0.3) is 0 Å². The minimum Gasteiger partial charge on any atom is -0.493 e. The van der Waals surface area contributed by atoms with Crippen LogP contribution in [0.3, 0.4) is 0 Å². The third-order valence-electron chi connectivity index (χ3n) is 2.30. The number of ether oxygens (including phenoxy) is 2. The van der Waals surface area contributed by atoms with Crippen LogP contribution in [0.15, 0.2) is 18.2 Å². The minimum atomic E-state index is -4.22. The fraction of sp³-hybridized carbons (Fsp3) is 0.500. The van der Waals surface area contributed by atoms with Gasteiger partial charge in [0.1, 0.15) is 0 Å². The summed E-state index contributed by atoms with van der Waals surface area (Å²) in [5.74, 6) is 0.727. The molecule has 0 saturated heterocycles. The molecule has 0 aromatic heterocycles. The van der Waals surface area contributed by atoms with Gasteiger partial charge in [-0.15, -0.1) is 0 Å². The Morgan fingerprint density at radius 1 is 1.22 bits per heavy atom. The van der Waals surface area contributed by atoms with Crippen LogP contribution in [-0.4, -0.2) is 26.4 Å².